The average Bonchev–Trinajstić information content (AvgIpc) is 2.38. The molecule has 0 aromatic rings. The Balaban J connectivity index is 1.85. The van der Waals surface area contributed by atoms with Crippen molar-refractivity contribution in [1.29, 1.82) is 0 Å². The highest BCUT2D eigenvalue weighted by Gasteiger charge is 2.35. The third kappa shape index (κ3) is 3.50. The molecular formula is C16H29NO2. The highest BCUT2D eigenvalue weighted by Crippen LogP contribution is 2.35. The second-order valence-corrected chi connectivity index (χ2v) is 6.96. The topological polar surface area (TPSA) is 40.5 Å². The Morgan fingerprint density at radius 1 is 1.16 bits per heavy atom. The van der Waals surface area contributed by atoms with Crippen LogP contribution in [0.1, 0.15) is 59.3 Å². The molecule has 1 aliphatic carbocycles. The lowest BCUT2D eigenvalue weighted by molar-refractivity contribution is -0.144. The van der Waals surface area contributed by atoms with Crippen molar-refractivity contribution in [2.45, 2.75) is 71.4 Å². The van der Waals surface area contributed by atoms with Gasteiger partial charge in [-0.2, -0.15) is 0 Å². The van der Waals surface area contributed by atoms with E-state index in [1.807, 2.05) is 0 Å². The predicted molar refractivity (Wildman–Crippen MR) is 77.1 cm³/mol. The van der Waals surface area contributed by atoms with Gasteiger partial charge in [0.05, 0.1) is 5.92 Å². The van der Waals surface area contributed by atoms with Crippen LogP contribution in [0.2, 0.25) is 0 Å². The van der Waals surface area contributed by atoms with Gasteiger partial charge >= 0.3 is 5.97 Å². The van der Waals surface area contributed by atoms with Gasteiger partial charge in [0, 0.05) is 12.1 Å². The van der Waals surface area contributed by atoms with Gasteiger partial charge in [0.1, 0.15) is 0 Å². The number of carboxylic acid groups (broad SMARTS) is 1. The van der Waals surface area contributed by atoms with Crippen LogP contribution in [0.3, 0.4) is 0 Å². The minimum Gasteiger partial charge on any atom is -0.481 e. The van der Waals surface area contributed by atoms with E-state index in [9.17, 15) is 4.79 Å². The van der Waals surface area contributed by atoms with Crippen molar-refractivity contribution < 1.29 is 9.90 Å². The molecule has 2 aliphatic rings. The molecule has 1 saturated carbocycles. The first-order valence-electron chi connectivity index (χ1n) is 7.97. The molecule has 2 atom stereocenters. The summed E-state index contributed by atoms with van der Waals surface area (Å²) >= 11 is 0. The number of carbonyl (C=O) groups is 1. The molecule has 0 radical (unpaired) electrons. The Labute approximate surface area is 117 Å². The summed E-state index contributed by atoms with van der Waals surface area (Å²) in [6.45, 7) is 7.87. The molecule has 3 heteroatoms. The summed E-state index contributed by atoms with van der Waals surface area (Å²) in [6, 6.07) is 1.15. The number of aliphatic carboxylic acids is 1. The van der Waals surface area contributed by atoms with E-state index < -0.39 is 5.97 Å². The standard InChI is InChI=1S/C16H29NO2/c1-11(2)13-4-6-15(7-5-13)17-9-8-14(16(18)19)10-12(17)3/h11-15H,4-10H2,1-3H3,(H,18,19). The van der Waals surface area contributed by atoms with Crippen LogP contribution in [0.5, 0.6) is 0 Å². The second kappa shape index (κ2) is 6.25. The van der Waals surface area contributed by atoms with Gasteiger partial charge < -0.3 is 5.11 Å². The summed E-state index contributed by atoms with van der Waals surface area (Å²) in [5.41, 5.74) is 0. The SMILES string of the molecule is CC(C)C1CCC(N2CCC(C(=O)O)CC2C)CC1. The van der Waals surface area contributed by atoms with Crippen LogP contribution in [0.25, 0.3) is 0 Å². The summed E-state index contributed by atoms with van der Waals surface area (Å²) in [6.07, 6.45) is 7.00. The second-order valence-electron chi connectivity index (χ2n) is 6.96. The number of rotatable bonds is 3. The molecule has 0 amide bonds. The van der Waals surface area contributed by atoms with E-state index in [1.165, 1.54) is 25.7 Å². The lowest BCUT2D eigenvalue weighted by Gasteiger charge is -2.44. The van der Waals surface area contributed by atoms with E-state index >= 15 is 0 Å². The quantitative estimate of drug-likeness (QED) is 0.852. The molecule has 0 aromatic carbocycles. The third-order valence-corrected chi connectivity index (χ3v) is 5.43. The van der Waals surface area contributed by atoms with Crippen LogP contribution in [0.4, 0.5) is 0 Å². The number of hydrogen-bond donors (Lipinski definition) is 1. The number of nitrogens with zero attached hydrogens (tertiary/aromatic N) is 1. The van der Waals surface area contributed by atoms with Crippen LogP contribution in [-0.4, -0.2) is 34.6 Å². The van der Waals surface area contributed by atoms with Crippen molar-refractivity contribution in [3.63, 3.8) is 0 Å². The van der Waals surface area contributed by atoms with Crippen LogP contribution < -0.4 is 0 Å². The Bertz CT molecular complexity index is 308. The summed E-state index contributed by atoms with van der Waals surface area (Å²) in [7, 11) is 0. The zero-order valence-corrected chi connectivity index (χ0v) is 12.6. The lowest BCUT2D eigenvalue weighted by Crippen LogP contribution is -2.49. The predicted octanol–water partition coefficient (Wildman–Crippen LogP) is 3.39. The molecule has 2 unspecified atom stereocenters. The van der Waals surface area contributed by atoms with Crippen LogP contribution in [0, 0.1) is 17.8 Å². The van der Waals surface area contributed by atoms with Crippen molar-refractivity contribution in [2.75, 3.05) is 6.54 Å². The fraction of sp³-hybridized carbons (Fsp3) is 0.938. The first kappa shape index (κ1) is 14.8. The molecule has 1 aliphatic heterocycles. The maximum atomic E-state index is 11.1. The molecule has 2 fully saturated rings. The van der Waals surface area contributed by atoms with Crippen molar-refractivity contribution in [1.82, 2.24) is 4.90 Å². The molecule has 1 N–H and O–H groups in total. The highest BCUT2D eigenvalue weighted by molar-refractivity contribution is 5.70. The summed E-state index contributed by atoms with van der Waals surface area (Å²) < 4.78 is 0. The minimum absolute atomic E-state index is 0.113. The molecule has 110 valence electrons. The molecule has 19 heavy (non-hydrogen) atoms. The summed E-state index contributed by atoms with van der Waals surface area (Å²) in [5, 5.41) is 9.13. The molecule has 3 nitrogen and oxygen atoms in total. The Hall–Kier alpha value is -0.570. The smallest absolute Gasteiger partial charge is 0.306 e. The summed E-state index contributed by atoms with van der Waals surface area (Å²) in [4.78, 5) is 13.7. The average molecular weight is 267 g/mol. The maximum absolute atomic E-state index is 11.1. The van der Waals surface area contributed by atoms with Gasteiger partial charge in [-0.3, -0.25) is 9.69 Å². The Morgan fingerprint density at radius 2 is 1.79 bits per heavy atom. The molecule has 2 rings (SSSR count). The first-order valence-corrected chi connectivity index (χ1v) is 7.97. The van der Waals surface area contributed by atoms with Crippen LogP contribution >= 0.6 is 0 Å². The van der Waals surface area contributed by atoms with Gasteiger partial charge in [-0.1, -0.05) is 13.8 Å². The van der Waals surface area contributed by atoms with E-state index in [0.29, 0.717) is 12.1 Å². The maximum Gasteiger partial charge on any atom is 0.306 e. The van der Waals surface area contributed by atoms with Gasteiger partial charge in [-0.05, 0) is 63.8 Å². The Kier molecular flexibility index (Phi) is 4.88. The molecule has 0 bridgehead atoms. The molecular weight excluding hydrogens is 238 g/mol. The Morgan fingerprint density at radius 3 is 2.26 bits per heavy atom. The normalized spacial score (nSPS) is 37.5. The van der Waals surface area contributed by atoms with E-state index in [1.54, 1.807) is 0 Å². The fourth-order valence-electron chi connectivity index (χ4n) is 4.06. The van der Waals surface area contributed by atoms with Gasteiger partial charge in [-0.25, -0.2) is 0 Å². The van der Waals surface area contributed by atoms with E-state index in [4.69, 9.17) is 5.11 Å². The first-order chi connectivity index (χ1) is 8.99. The highest BCUT2D eigenvalue weighted by atomic mass is 16.4. The molecule has 1 saturated heterocycles. The van der Waals surface area contributed by atoms with Crippen molar-refractivity contribution in [2.24, 2.45) is 17.8 Å². The van der Waals surface area contributed by atoms with Crippen molar-refractivity contribution in [3.8, 4) is 0 Å². The zero-order valence-electron chi connectivity index (χ0n) is 12.6. The van der Waals surface area contributed by atoms with Gasteiger partial charge in [-0.15, -0.1) is 0 Å². The molecule has 0 spiro atoms. The number of piperidine rings is 1. The van der Waals surface area contributed by atoms with E-state index in [0.717, 1.165) is 31.2 Å². The third-order valence-electron chi connectivity index (χ3n) is 5.43. The van der Waals surface area contributed by atoms with Crippen LogP contribution in [0.15, 0.2) is 0 Å². The van der Waals surface area contributed by atoms with E-state index in [2.05, 4.69) is 25.7 Å². The number of carboxylic acids is 1. The molecule has 0 aromatic heterocycles. The van der Waals surface area contributed by atoms with Gasteiger partial charge in [0.15, 0.2) is 0 Å². The monoisotopic (exact) mass is 267 g/mol. The minimum atomic E-state index is -0.602. The van der Waals surface area contributed by atoms with Crippen molar-refractivity contribution >= 4 is 5.97 Å². The van der Waals surface area contributed by atoms with Gasteiger partial charge in [0.25, 0.3) is 0 Å². The fourth-order valence-corrected chi connectivity index (χ4v) is 4.06. The summed E-state index contributed by atoms with van der Waals surface area (Å²) in [5.74, 6) is 1.01. The van der Waals surface area contributed by atoms with Gasteiger partial charge in [0.2, 0.25) is 0 Å². The van der Waals surface area contributed by atoms with E-state index in [-0.39, 0.29) is 5.92 Å². The van der Waals surface area contributed by atoms with Crippen molar-refractivity contribution in [3.05, 3.63) is 0 Å². The van der Waals surface area contributed by atoms with Crippen LogP contribution in [-0.2, 0) is 4.79 Å². The number of hydrogen-bond acceptors (Lipinski definition) is 2. The lowest BCUT2D eigenvalue weighted by atomic mass is 9.78. The number of likely N-dealkylation sites (tertiary alicyclic amines) is 1. The largest absolute Gasteiger partial charge is 0.481 e. The molecule has 1 heterocycles. The zero-order chi connectivity index (χ0) is 14.0.